The third-order valence-corrected chi connectivity index (χ3v) is 3.15. The highest BCUT2D eigenvalue weighted by Gasteiger charge is 2.06. The van der Waals surface area contributed by atoms with Crippen molar-refractivity contribution < 1.29 is 9.13 Å². The molecule has 0 radical (unpaired) electrons. The minimum absolute atomic E-state index is 0.243. The fourth-order valence-corrected chi connectivity index (χ4v) is 2.10. The lowest BCUT2D eigenvalue weighted by Crippen LogP contribution is -2.05. The van der Waals surface area contributed by atoms with Gasteiger partial charge in [-0.25, -0.2) is 4.39 Å². The molecule has 2 rings (SSSR count). The molecule has 0 saturated heterocycles. The van der Waals surface area contributed by atoms with E-state index in [9.17, 15) is 4.39 Å². The Morgan fingerprint density at radius 2 is 1.95 bits per heavy atom. The molecule has 2 aromatic rings. The van der Waals surface area contributed by atoms with Gasteiger partial charge in [-0.2, -0.15) is 0 Å². The average molecular weight is 280 g/mol. The number of rotatable bonds is 4. The predicted molar refractivity (Wildman–Crippen MR) is 74.8 cm³/mol. The molecular formula is C15H15ClFNO. The largest absolute Gasteiger partial charge is 0.487 e. The van der Waals surface area contributed by atoms with Gasteiger partial charge in [-0.3, -0.25) is 0 Å². The molecule has 0 aliphatic rings. The summed E-state index contributed by atoms with van der Waals surface area (Å²) in [5, 5.41) is 0.547. The molecule has 0 atom stereocenters. The molecule has 2 nitrogen and oxygen atoms in total. The van der Waals surface area contributed by atoms with Crippen LogP contribution < -0.4 is 10.5 Å². The molecule has 0 aliphatic heterocycles. The number of hydrogen-bond donors (Lipinski definition) is 1. The van der Waals surface area contributed by atoms with Crippen LogP contribution in [-0.4, -0.2) is 0 Å². The summed E-state index contributed by atoms with van der Waals surface area (Å²) in [4.78, 5) is 0. The van der Waals surface area contributed by atoms with Crippen molar-refractivity contribution in [2.75, 3.05) is 0 Å². The number of nitrogens with two attached hydrogens (primary N) is 1. The monoisotopic (exact) mass is 279 g/mol. The standard InChI is InChI=1S/C15H15ClFNO/c1-10-2-5-15(14(16)6-10)19-9-12-7-13(17)4-3-11(12)8-18/h2-7H,8-9,18H2,1H3. The maximum atomic E-state index is 13.2. The van der Waals surface area contributed by atoms with Gasteiger partial charge in [-0.05, 0) is 47.9 Å². The van der Waals surface area contributed by atoms with Crippen LogP contribution in [0.15, 0.2) is 36.4 Å². The first-order valence-corrected chi connectivity index (χ1v) is 6.34. The van der Waals surface area contributed by atoms with Crippen LogP contribution in [0.1, 0.15) is 16.7 Å². The highest BCUT2D eigenvalue weighted by molar-refractivity contribution is 6.32. The lowest BCUT2D eigenvalue weighted by atomic mass is 10.1. The summed E-state index contributed by atoms with van der Waals surface area (Å²) in [5.41, 5.74) is 8.28. The van der Waals surface area contributed by atoms with Crippen molar-refractivity contribution in [1.29, 1.82) is 0 Å². The van der Waals surface area contributed by atoms with Crippen molar-refractivity contribution >= 4 is 11.6 Å². The van der Waals surface area contributed by atoms with E-state index in [1.807, 2.05) is 19.1 Å². The minimum Gasteiger partial charge on any atom is -0.487 e. The number of benzene rings is 2. The molecule has 0 unspecified atom stereocenters. The summed E-state index contributed by atoms with van der Waals surface area (Å²) in [6, 6.07) is 10.0. The van der Waals surface area contributed by atoms with E-state index in [0.717, 1.165) is 16.7 Å². The maximum Gasteiger partial charge on any atom is 0.138 e. The highest BCUT2D eigenvalue weighted by Crippen LogP contribution is 2.26. The molecule has 2 aromatic carbocycles. The second-order valence-corrected chi connectivity index (χ2v) is 4.75. The van der Waals surface area contributed by atoms with Crippen LogP contribution in [0, 0.1) is 12.7 Å². The van der Waals surface area contributed by atoms with Gasteiger partial charge in [0.1, 0.15) is 18.2 Å². The van der Waals surface area contributed by atoms with E-state index in [1.54, 1.807) is 12.1 Å². The molecule has 0 bridgehead atoms. The smallest absolute Gasteiger partial charge is 0.138 e. The van der Waals surface area contributed by atoms with E-state index < -0.39 is 0 Å². The van der Waals surface area contributed by atoms with Gasteiger partial charge in [-0.1, -0.05) is 23.7 Å². The van der Waals surface area contributed by atoms with E-state index in [4.69, 9.17) is 22.1 Å². The van der Waals surface area contributed by atoms with Crippen molar-refractivity contribution in [1.82, 2.24) is 0 Å². The molecule has 0 aliphatic carbocycles. The Morgan fingerprint density at radius 1 is 1.16 bits per heavy atom. The maximum absolute atomic E-state index is 13.2. The first-order chi connectivity index (χ1) is 9.10. The summed E-state index contributed by atoms with van der Waals surface area (Å²) < 4.78 is 18.8. The van der Waals surface area contributed by atoms with Crippen LogP contribution in [0.2, 0.25) is 5.02 Å². The first-order valence-electron chi connectivity index (χ1n) is 5.96. The van der Waals surface area contributed by atoms with Gasteiger partial charge in [0.2, 0.25) is 0 Å². The number of halogens is 2. The third-order valence-electron chi connectivity index (χ3n) is 2.86. The molecular weight excluding hydrogens is 265 g/mol. The van der Waals surface area contributed by atoms with Gasteiger partial charge in [0.15, 0.2) is 0 Å². The molecule has 4 heteroatoms. The Bertz CT molecular complexity index is 586. The highest BCUT2D eigenvalue weighted by atomic mass is 35.5. The van der Waals surface area contributed by atoms with E-state index in [0.29, 0.717) is 17.3 Å². The van der Waals surface area contributed by atoms with Gasteiger partial charge in [-0.15, -0.1) is 0 Å². The quantitative estimate of drug-likeness (QED) is 0.923. The lowest BCUT2D eigenvalue weighted by Gasteiger charge is -2.11. The van der Waals surface area contributed by atoms with E-state index in [2.05, 4.69) is 0 Å². The molecule has 100 valence electrons. The lowest BCUT2D eigenvalue weighted by molar-refractivity contribution is 0.304. The van der Waals surface area contributed by atoms with E-state index >= 15 is 0 Å². The van der Waals surface area contributed by atoms with Gasteiger partial charge in [0.25, 0.3) is 0 Å². The van der Waals surface area contributed by atoms with Crippen LogP contribution in [0.5, 0.6) is 5.75 Å². The van der Waals surface area contributed by atoms with Gasteiger partial charge in [0, 0.05) is 6.54 Å². The number of hydrogen-bond acceptors (Lipinski definition) is 2. The van der Waals surface area contributed by atoms with Crippen molar-refractivity contribution in [3.63, 3.8) is 0 Å². The summed E-state index contributed by atoms with van der Waals surface area (Å²) in [6.45, 7) is 2.54. The zero-order chi connectivity index (χ0) is 13.8. The summed E-state index contributed by atoms with van der Waals surface area (Å²) in [6.07, 6.45) is 0. The molecule has 0 aromatic heterocycles. The Morgan fingerprint density at radius 3 is 2.63 bits per heavy atom. The molecule has 19 heavy (non-hydrogen) atoms. The van der Waals surface area contributed by atoms with Crippen LogP contribution in [0.25, 0.3) is 0 Å². The van der Waals surface area contributed by atoms with Crippen molar-refractivity contribution in [2.24, 2.45) is 5.73 Å². The van der Waals surface area contributed by atoms with E-state index in [1.165, 1.54) is 12.1 Å². The molecule has 0 heterocycles. The molecule has 0 saturated carbocycles. The fraction of sp³-hybridized carbons (Fsp3) is 0.200. The number of aryl methyl sites for hydroxylation is 1. The topological polar surface area (TPSA) is 35.2 Å². The zero-order valence-electron chi connectivity index (χ0n) is 10.6. The molecule has 0 amide bonds. The zero-order valence-corrected chi connectivity index (χ0v) is 11.4. The van der Waals surface area contributed by atoms with Gasteiger partial charge < -0.3 is 10.5 Å². The van der Waals surface area contributed by atoms with Crippen molar-refractivity contribution in [3.8, 4) is 5.75 Å². The second kappa shape index (κ2) is 6.04. The second-order valence-electron chi connectivity index (χ2n) is 4.34. The molecule has 0 fully saturated rings. The molecule has 2 N–H and O–H groups in total. The Balaban J connectivity index is 2.16. The average Bonchev–Trinajstić information content (AvgIpc) is 2.38. The Labute approximate surface area is 117 Å². The third kappa shape index (κ3) is 3.46. The van der Waals surface area contributed by atoms with Crippen LogP contribution in [0.4, 0.5) is 4.39 Å². The van der Waals surface area contributed by atoms with Crippen LogP contribution in [0.3, 0.4) is 0 Å². The van der Waals surface area contributed by atoms with Gasteiger partial charge in [0.05, 0.1) is 5.02 Å². The van der Waals surface area contributed by atoms with Crippen LogP contribution in [-0.2, 0) is 13.2 Å². The Kier molecular flexibility index (Phi) is 4.40. The normalized spacial score (nSPS) is 10.5. The molecule has 0 spiro atoms. The summed E-state index contributed by atoms with van der Waals surface area (Å²) in [5.74, 6) is 0.283. The SMILES string of the molecule is Cc1ccc(OCc2cc(F)ccc2CN)c(Cl)c1. The van der Waals surface area contributed by atoms with Crippen molar-refractivity contribution in [3.05, 3.63) is 63.9 Å². The summed E-state index contributed by atoms with van der Waals surface area (Å²) >= 11 is 6.08. The van der Waals surface area contributed by atoms with Crippen LogP contribution >= 0.6 is 11.6 Å². The minimum atomic E-state index is -0.300. The Hall–Kier alpha value is -1.58. The first kappa shape index (κ1) is 13.8. The van der Waals surface area contributed by atoms with Crippen molar-refractivity contribution in [2.45, 2.75) is 20.1 Å². The number of ether oxygens (including phenoxy) is 1. The summed E-state index contributed by atoms with van der Waals surface area (Å²) in [7, 11) is 0. The fourth-order valence-electron chi connectivity index (χ4n) is 1.81. The predicted octanol–water partition coefficient (Wildman–Crippen LogP) is 3.83. The van der Waals surface area contributed by atoms with Gasteiger partial charge >= 0.3 is 0 Å². The van der Waals surface area contributed by atoms with E-state index in [-0.39, 0.29) is 12.4 Å².